The largest absolute Gasteiger partial charge is 2.00 e. The van der Waals surface area contributed by atoms with Crippen molar-refractivity contribution >= 4 is 57.3 Å². The van der Waals surface area contributed by atoms with Gasteiger partial charge in [-0.05, 0) is 0 Å². The molecular formula is C4H12CaN3O5P. The predicted octanol–water partition coefficient (Wildman–Crippen LogP) is -1.76. The number of carbonyl (C=O) groups is 1. The first-order chi connectivity index (χ1) is 5.68. The summed E-state index contributed by atoms with van der Waals surface area (Å²) in [6.07, 6.45) is 0. The van der Waals surface area contributed by atoms with Crippen LogP contribution >= 0.6 is 7.60 Å². The Labute approximate surface area is 113 Å². The molecule has 0 bridgehead atoms. The molecule has 0 aromatic carbocycles. The van der Waals surface area contributed by atoms with Crippen LogP contribution in [0.4, 0.5) is 0 Å². The van der Waals surface area contributed by atoms with Crippen molar-refractivity contribution < 1.29 is 27.1 Å². The number of hydrogen-bond acceptors (Lipinski definition) is 3. The maximum absolute atomic E-state index is 10.6. The molecule has 0 aromatic heterocycles. The third kappa shape index (κ3) is 4.59. The Hall–Kier alpha value is 0.150. The second-order valence-electron chi connectivity index (χ2n) is 2.30. The fourth-order valence-electron chi connectivity index (χ4n) is 0.667. The van der Waals surface area contributed by atoms with Crippen LogP contribution in [0.15, 0.2) is 0 Å². The van der Waals surface area contributed by atoms with Gasteiger partial charge in [0.15, 0.2) is 5.96 Å². The average Bonchev–Trinajstić information content (AvgIpc) is 1.82. The Morgan fingerprint density at radius 3 is 2.07 bits per heavy atom. The van der Waals surface area contributed by atoms with Crippen LogP contribution in [-0.4, -0.2) is 82.3 Å². The van der Waals surface area contributed by atoms with Crippen molar-refractivity contribution in [2.45, 2.75) is 5.78 Å². The molecule has 0 aliphatic heterocycles. The minimum absolute atomic E-state index is 0. The maximum atomic E-state index is 10.6. The van der Waals surface area contributed by atoms with Gasteiger partial charge >= 0.3 is 51.3 Å². The van der Waals surface area contributed by atoms with E-state index in [4.69, 9.17) is 26.0 Å². The van der Waals surface area contributed by atoms with Gasteiger partial charge in [-0.15, -0.1) is 0 Å². The summed E-state index contributed by atoms with van der Waals surface area (Å²) in [5.74, 6) is -4.56. The second-order valence-corrected chi connectivity index (χ2v) is 3.96. The molecule has 1 atom stereocenters. The Bertz CT molecular complexity index is 287. The SMILES string of the molecule is CN(C(=N)N)C(C(=O)O)P(=O)(O)O.[Ca+2].[H-].[H-]. The standard InChI is InChI=1S/C4H10N3O5P.Ca.2H/c1-7(4(5)6)2(3(8)9)13(10,11)12;;;/h2H,1H3,(H3,5,6)(H,8,9)(H2,10,11,12);;;/q;+2;2*-1. The zero-order valence-corrected chi connectivity index (χ0v) is 10.5. The Balaban J connectivity index is -0.000000240. The Kier molecular flexibility index (Phi) is 6.98. The summed E-state index contributed by atoms with van der Waals surface area (Å²) < 4.78 is 10.6. The summed E-state index contributed by atoms with van der Waals surface area (Å²) in [5, 5.41) is 15.2. The molecule has 0 saturated carbocycles. The van der Waals surface area contributed by atoms with E-state index in [-0.39, 0.29) is 40.6 Å². The molecule has 0 spiro atoms. The minimum atomic E-state index is -4.84. The molecule has 0 amide bonds. The molecule has 0 aromatic rings. The van der Waals surface area contributed by atoms with Crippen LogP contribution in [0.25, 0.3) is 0 Å². The van der Waals surface area contributed by atoms with E-state index >= 15 is 0 Å². The number of nitrogens with one attached hydrogen (secondary N) is 1. The van der Waals surface area contributed by atoms with Crippen molar-refractivity contribution in [2.75, 3.05) is 7.05 Å². The summed E-state index contributed by atoms with van der Waals surface area (Å²) in [7, 11) is -3.82. The summed E-state index contributed by atoms with van der Waals surface area (Å²) >= 11 is 0. The topological polar surface area (TPSA) is 148 Å². The number of aliphatic carboxylic acids is 1. The summed E-state index contributed by atoms with van der Waals surface area (Å²) in [6, 6.07) is 0. The van der Waals surface area contributed by atoms with Gasteiger partial charge in [0.1, 0.15) is 0 Å². The molecule has 8 nitrogen and oxygen atoms in total. The van der Waals surface area contributed by atoms with Crippen LogP contribution in [0.2, 0.25) is 0 Å². The van der Waals surface area contributed by atoms with Crippen molar-refractivity contribution in [3.8, 4) is 0 Å². The first kappa shape index (κ1) is 16.6. The van der Waals surface area contributed by atoms with Crippen molar-refractivity contribution in [2.24, 2.45) is 5.73 Å². The number of carboxylic acid groups (broad SMARTS) is 1. The van der Waals surface area contributed by atoms with E-state index in [1.165, 1.54) is 0 Å². The zero-order chi connectivity index (χ0) is 10.8. The molecule has 6 N–H and O–H groups in total. The van der Waals surface area contributed by atoms with Crippen LogP contribution < -0.4 is 5.73 Å². The van der Waals surface area contributed by atoms with Gasteiger partial charge in [0.25, 0.3) is 0 Å². The van der Waals surface area contributed by atoms with E-state index in [1.54, 1.807) is 0 Å². The molecule has 0 radical (unpaired) electrons. The van der Waals surface area contributed by atoms with E-state index in [0.717, 1.165) is 7.05 Å². The summed E-state index contributed by atoms with van der Waals surface area (Å²) in [5.41, 5.74) is 4.87. The van der Waals surface area contributed by atoms with Gasteiger partial charge < -0.3 is 28.4 Å². The summed E-state index contributed by atoms with van der Waals surface area (Å²) in [6.45, 7) is 0. The van der Waals surface area contributed by atoms with Gasteiger partial charge in [0.2, 0.25) is 5.78 Å². The first-order valence-electron chi connectivity index (χ1n) is 3.02. The Morgan fingerprint density at radius 1 is 1.64 bits per heavy atom. The molecule has 10 heteroatoms. The molecule has 0 heterocycles. The van der Waals surface area contributed by atoms with Crippen LogP contribution in [-0.2, 0) is 9.36 Å². The number of guanidine groups is 1. The van der Waals surface area contributed by atoms with E-state index in [2.05, 4.69) is 0 Å². The molecule has 0 aliphatic carbocycles. The van der Waals surface area contributed by atoms with Crippen LogP contribution in [0.3, 0.4) is 0 Å². The first-order valence-corrected chi connectivity index (χ1v) is 4.71. The molecule has 0 saturated heterocycles. The van der Waals surface area contributed by atoms with E-state index in [1.807, 2.05) is 0 Å². The molecule has 80 valence electrons. The number of rotatable bonds is 3. The number of hydrogen-bond donors (Lipinski definition) is 5. The average molecular weight is 253 g/mol. The number of nitrogens with two attached hydrogens (primary N) is 1. The van der Waals surface area contributed by atoms with Gasteiger partial charge in [-0.1, -0.05) is 0 Å². The van der Waals surface area contributed by atoms with Gasteiger partial charge in [-0.25, -0.2) is 4.79 Å². The van der Waals surface area contributed by atoms with Crippen LogP contribution in [0, 0.1) is 5.41 Å². The minimum Gasteiger partial charge on any atom is -1.00 e. The zero-order valence-electron chi connectivity index (χ0n) is 9.41. The van der Waals surface area contributed by atoms with E-state index in [0.29, 0.717) is 4.90 Å². The molecule has 0 fully saturated rings. The fraction of sp³-hybridized carbons (Fsp3) is 0.500. The summed E-state index contributed by atoms with van der Waals surface area (Å²) in [4.78, 5) is 28.1. The molecular weight excluding hydrogens is 241 g/mol. The van der Waals surface area contributed by atoms with Crippen LogP contribution in [0.1, 0.15) is 2.85 Å². The van der Waals surface area contributed by atoms with Crippen molar-refractivity contribution in [3.63, 3.8) is 0 Å². The van der Waals surface area contributed by atoms with E-state index in [9.17, 15) is 9.36 Å². The van der Waals surface area contributed by atoms with Gasteiger partial charge in [0, 0.05) is 7.05 Å². The smallest absolute Gasteiger partial charge is 1.00 e. The molecule has 1 unspecified atom stereocenters. The third-order valence-electron chi connectivity index (χ3n) is 1.29. The molecule has 0 aliphatic rings. The second kappa shape index (κ2) is 5.89. The fourth-order valence-corrected chi connectivity index (χ4v) is 1.53. The Morgan fingerprint density at radius 2 is 2.00 bits per heavy atom. The molecule has 14 heavy (non-hydrogen) atoms. The predicted molar refractivity (Wildman–Crippen MR) is 51.1 cm³/mol. The number of likely N-dealkylation sites (N-methyl/N-ethyl adjacent to an activating group) is 1. The molecule has 0 rings (SSSR count). The normalized spacial score (nSPS) is 12.5. The van der Waals surface area contributed by atoms with Crippen molar-refractivity contribution in [1.82, 2.24) is 4.90 Å². The number of carboxylic acids is 1. The third-order valence-corrected chi connectivity index (χ3v) is 2.49. The van der Waals surface area contributed by atoms with Gasteiger partial charge in [-0.2, -0.15) is 0 Å². The van der Waals surface area contributed by atoms with E-state index < -0.39 is 25.3 Å². The van der Waals surface area contributed by atoms with Crippen LogP contribution in [0.5, 0.6) is 0 Å². The number of nitrogens with zero attached hydrogens (tertiary/aromatic N) is 1. The van der Waals surface area contributed by atoms with Crippen molar-refractivity contribution in [1.29, 1.82) is 5.41 Å². The van der Waals surface area contributed by atoms with Gasteiger partial charge in [-0.3, -0.25) is 9.97 Å². The maximum Gasteiger partial charge on any atom is 2.00 e. The quantitative estimate of drug-likeness (QED) is 0.173. The van der Waals surface area contributed by atoms with Gasteiger partial charge in [0.05, 0.1) is 0 Å². The monoisotopic (exact) mass is 253 g/mol. The van der Waals surface area contributed by atoms with Crippen molar-refractivity contribution in [3.05, 3.63) is 0 Å².